The number of hydrogen-bond acceptors (Lipinski definition) is 4. The predicted octanol–water partition coefficient (Wildman–Crippen LogP) is 0.846. The number of carbonyl (C=O) groups is 3. The molecule has 3 amide bonds. The van der Waals surface area contributed by atoms with E-state index in [4.69, 9.17) is 5.73 Å². The van der Waals surface area contributed by atoms with Gasteiger partial charge in [-0.3, -0.25) is 19.8 Å². The summed E-state index contributed by atoms with van der Waals surface area (Å²) in [6.45, 7) is 0.436. The zero-order chi connectivity index (χ0) is 17.2. The van der Waals surface area contributed by atoms with E-state index in [9.17, 15) is 14.4 Å². The van der Waals surface area contributed by atoms with Crippen molar-refractivity contribution in [2.75, 3.05) is 11.6 Å². The monoisotopic (exact) mass is 330 g/mol. The average molecular weight is 330 g/mol. The van der Waals surface area contributed by atoms with Crippen LogP contribution in [0.2, 0.25) is 0 Å². The third-order valence-electron chi connectivity index (χ3n) is 4.77. The van der Waals surface area contributed by atoms with E-state index in [2.05, 4.69) is 10.7 Å². The summed E-state index contributed by atoms with van der Waals surface area (Å²) in [5.41, 5.74) is 9.13. The van der Waals surface area contributed by atoms with Crippen LogP contribution in [0.4, 0.5) is 5.69 Å². The Hall–Kier alpha value is -2.41. The molecule has 1 heterocycles. The molecule has 0 radical (unpaired) electrons. The van der Waals surface area contributed by atoms with Crippen molar-refractivity contribution >= 4 is 23.4 Å². The number of hydrazine groups is 1. The molecule has 3 rings (SSSR count). The van der Waals surface area contributed by atoms with Crippen LogP contribution >= 0.6 is 0 Å². The van der Waals surface area contributed by atoms with Crippen LogP contribution in [0, 0.1) is 0 Å². The maximum atomic E-state index is 12.5. The number of nitrogens with two attached hydrogens (primary N) is 1. The summed E-state index contributed by atoms with van der Waals surface area (Å²) in [7, 11) is 0. The summed E-state index contributed by atoms with van der Waals surface area (Å²) in [6, 6.07) is 6.61. The second-order valence-electron chi connectivity index (χ2n) is 6.46. The Bertz CT molecular complexity index is 650. The Morgan fingerprint density at radius 3 is 2.46 bits per heavy atom. The van der Waals surface area contributed by atoms with E-state index >= 15 is 0 Å². The van der Waals surface area contributed by atoms with Gasteiger partial charge in [0.1, 0.15) is 0 Å². The SMILES string of the molecule is NCC1(NC(=O)c2ccc(N3NC(=O)CCC3=O)cc2)CCCC1. The van der Waals surface area contributed by atoms with Crippen LogP contribution in [-0.4, -0.2) is 29.8 Å². The Morgan fingerprint density at radius 2 is 1.83 bits per heavy atom. The zero-order valence-corrected chi connectivity index (χ0v) is 13.5. The number of carbonyl (C=O) groups excluding carboxylic acids is 3. The highest BCUT2D eigenvalue weighted by Gasteiger charge is 2.34. The molecule has 128 valence electrons. The van der Waals surface area contributed by atoms with Gasteiger partial charge in [0.2, 0.25) is 11.8 Å². The van der Waals surface area contributed by atoms with E-state index in [0.29, 0.717) is 17.8 Å². The minimum absolute atomic E-state index is 0.164. The van der Waals surface area contributed by atoms with Gasteiger partial charge < -0.3 is 11.1 Å². The molecule has 1 saturated carbocycles. The molecule has 1 aromatic carbocycles. The fourth-order valence-corrected chi connectivity index (χ4v) is 3.29. The predicted molar refractivity (Wildman–Crippen MR) is 89.0 cm³/mol. The van der Waals surface area contributed by atoms with Crippen molar-refractivity contribution in [3.63, 3.8) is 0 Å². The van der Waals surface area contributed by atoms with Crippen molar-refractivity contribution in [1.82, 2.24) is 10.7 Å². The van der Waals surface area contributed by atoms with Crippen molar-refractivity contribution in [2.45, 2.75) is 44.1 Å². The Kier molecular flexibility index (Phi) is 4.53. The first-order valence-electron chi connectivity index (χ1n) is 8.28. The molecule has 2 aliphatic rings. The van der Waals surface area contributed by atoms with Crippen LogP contribution in [-0.2, 0) is 9.59 Å². The van der Waals surface area contributed by atoms with Crippen molar-refractivity contribution in [3.8, 4) is 0 Å². The first kappa shape index (κ1) is 16.4. The summed E-state index contributed by atoms with van der Waals surface area (Å²) in [5.74, 6) is -0.523. The molecule has 1 aliphatic heterocycles. The summed E-state index contributed by atoms with van der Waals surface area (Å²) >= 11 is 0. The number of rotatable bonds is 4. The molecule has 1 aromatic rings. The summed E-state index contributed by atoms with van der Waals surface area (Å²) < 4.78 is 0. The van der Waals surface area contributed by atoms with E-state index < -0.39 is 0 Å². The van der Waals surface area contributed by atoms with Gasteiger partial charge in [-0.05, 0) is 37.1 Å². The first-order valence-corrected chi connectivity index (χ1v) is 8.28. The maximum Gasteiger partial charge on any atom is 0.251 e. The van der Waals surface area contributed by atoms with E-state index in [0.717, 1.165) is 25.7 Å². The van der Waals surface area contributed by atoms with Crippen LogP contribution in [0.25, 0.3) is 0 Å². The van der Waals surface area contributed by atoms with Crippen LogP contribution in [0.1, 0.15) is 48.9 Å². The van der Waals surface area contributed by atoms with E-state index in [1.54, 1.807) is 24.3 Å². The van der Waals surface area contributed by atoms with Gasteiger partial charge in [0, 0.05) is 24.9 Å². The van der Waals surface area contributed by atoms with Crippen molar-refractivity contribution in [1.29, 1.82) is 0 Å². The molecule has 0 atom stereocenters. The molecule has 0 bridgehead atoms. The maximum absolute atomic E-state index is 12.5. The minimum Gasteiger partial charge on any atom is -0.345 e. The first-order chi connectivity index (χ1) is 11.5. The highest BCUT2D eigenvalue weighted by molar-refractivity contribution is 6.01. The lowest BCUT2D eigenvalue weighted by molar-refractivity contribution is -0.130. The minimum atomic E-state index is -0.299. The lowest BCUT2D eigenvalue weighted by atomic mass is 9.97. The number of benzene rings is 1. The Labute approximate surface area is 140 Å². The lowest BCUT2D eigenvalue weighted by Crippen LogP contribution is -2.51. The fourth-order valence-electron chi connectivity index (χ4n) is 3.29. The van der Waals surface area contributed by atoms with E-state index in [1.165, 1.54) is 5.01 Å². The number of nitrogens with one attached hydrogen (secondary N) is 2. The van der Waals surface area contributed by atoms with Gasteiger partial charge in [-0.1, -0.05) is 12.8 Å². The van der Waals surface area contributed by atoms with Crippen molar-refractivity contribution in [2.24, 2.45) is 5.73 Å². The molecular formula is C17H22N4O3. The molecule has 0 unspecified atom stereocenters. The van der Waals surface area contributed by atoms with Gasteiger partial charge in [-0.15, -0.1) is 0 Å². The van der Waals surface area contributed by atoms with Crippen LogP contribution in [0.15, 0.2) is 24.3 Å². The smallest absolute Gasteiger partial charge is 0.251 e. The molecular weight excluding hydrogens is 308 g/mol. The summed E-state index contributed by atoms with van der Waals surface area (Å²) in [4.78, 5) is 35.8. The molecule has 4 N–H and O–H groups in total. The quantitative estimate of drug-likeness (QED) is 0.761. The normalized spacial score (nSPS) is 20.0. The molecule has 1 saturated heterocycles. The van der Waals surface area contributed by atoms with Gasteiger partial charge in [0.25, 0.3) is 5.91 Å². The molecule has 0 spiro atoms. The number of hydrogen-bond donors (Lipinski definition) is 3. The Balaban J connectivity index is 1.71. The Morgan fingerprint density at radius 1 is 1.17 bits per heavy atom. The highest BCUT2D eigenvalue weighted by Crippen LogP contribution is 2.29. The number of anilines is 1. The lowest BCUT2D eigenvalue weighted by Gasteiger charge is -2.29. The fraction of sp³-hybridized carbons (Fsp3) is 0.471. The molecule has 7 nitrogen and oxygen atoms in total. The standard InChI is InChI=1S/C17H22N4O3/c18-11-17(9-1-2-10-17)19-16(24)12-3-5-13(6-4-12)21-15(23)8-7-14(22)20-21/h3-6H,1-2,7-11,18H2,(H,19,24)(H,20,22). The van der Waals surface area contributed by atoms with Crippen molar-refractivity contribution < 1.29 is 14.4 Å². The topological polar surface area (TPSA) is 105 Å². The van der Waals surface area contributed by atoms with Gasteiger partial charge in [0.05, 0.1) is 11.2 Å². The van der Waals surface area contributed by atoms with E-state index in [1.807, 2.05) is 0 Å². The average Bonchev–Trinajstić information content (AvgIpc) is 3.06. The largest absolute Gasteiger partial charge is 0.345 e. The van der Waals surface area contributed by atoms with Crippen LogP contribution in [0.5, 0.6) is 0 Å². The van der Waals surface area contributed by atoms with Gasteiger partial charge in [-0.25, -0.2) is 5.01 Å². The van der Waals surface area contributed by atoms with Gasteiger partial charge in [0.15, 0.2) is 0 Å². The molecule has 24 heavy (non-hydrogen) atoms. The zero-order valence-electron chi connectivity index (χ0n) is 13.5. The third kappa shape index (κ3) is 3.26. The second-order valence-corrected chi connectivity index (χ2v) is 6.46. The molecule has 7 heteroatoms. The van der Waals surface area contributed by atoms with Gasteiger partial charge >= 0.3 is 0 Å². The summed E-state index contributed by atoms with van der Waals surface area (Å²) in [5, 5.41) is 4.29. The molecule has 1 aliphatic carbocycles. The van der Waals surface area contributed by atoms with Crippen LogP contribution in [0.3, 0.4) is 0 Å². The van der Waals surface area contributed by atoms with E-state index in [-0.39, 0.29) is 36.1 Å². The van der Waals surface area contributed by atoms with Crippen molar-refractivity contribution in [3.05, 3.63) is 29.8 Å². The highest BCUT2D eigenvalue weighted by atomic mass is 16.2. The molecule has 2 fully saturated rings. The number of amides is 3. The van der Waals surface area contributed by atoms with Crippen LogP contribution < -0.4 is 21.5 Å². The second kappa shape index (κ2) is 6.60. The van der Waals surface area contributed by atoms with Gasteiger partial charge in [-0.2, -0.15) is 0 Å². The number of nitrogens with zero attached hydrogens (tertiary/aromatic N) is 1. The summed E-state index contributed by atoms with van der Waals surface area (Å²) in [6.07, 6.45) is 4.35. The third-order valence-corrected chi connectivity index (χ3v) is 4.77. The molecule has 0 aromatic heterocycles.